The minimum atomic E-state index is -0.0765. The first-order valence-corrected chi connectivity index (χ1v) is 6.27. The molecule has 0 spiro atoms. The Labute approximate surface area is 117 Å². The zero-order chi connectivity index (χ0) is 14.0. The van der Waals surface area contributed by atoms with Gasteiger partial charge in [-0.3, -0.25) is 4.79 Å². The van der Waals surface area contributed by atoms with Crippen LogP contribution in [0.5, 0.6) is 11.6 Å². The molecule has 4 heteroatoms. The van der Waals surface area contributed by atoms with E-state index >= 15 is 0 Å². The van der Waals surface area contributed by atoms with E-state index in [-0.39, 0.29) is 5.78 Å². The van der Waals surface area contributed by atoms with Crippen LogP contribution in [-0.2, 0) is 0 Å². The molecule has 0 radical (unpaired) electrons. The fraction of sp³-hybridized carbons (Fsp3) is 0.200. The zero-order valence-corrected chi connectivity index (χ0v) is 11.8. The van der Waals surface area contributed by atoms with E-state index < -0.39 is 0 Å². The van der Waals surface area contributed by atoms with Crippen LogP contribution in [0.2, 0.25) is 5.02 Å². The Bertz CT molecular complexity index is 615. The fourth-order valence-electron chi connectivity index (χ4n) is 1.90. The van der Waals surface area contributed by atoms with Gasteiger partial charge in [0.1, 0.15) is 5.75 Å². The monoisotopic (exact) mass is 275 g/mol. The van der Waals surface area contributed by atoms with E-state index in [1.165, 1.54) is 6.92 Å². The highest BCUT2D eigenvalue weighted by atomic mass is 35.5. The van der Waals surface area contributed by atoms with Crippen LogP contribution in [0.3, 0.4) is 0 Å². The Morgan fingerprint density at radius 3 is 2.47 bits per heavy atom. The van der Waals surface area contributed by atoms with Gasteiger partial charge in [0.15, 0.2) is 5.78 Å². The Kier molecular flexibility index (Phi) is 3.86. The molecular weight excluding hydrogens is 262 g/mol. The average molecular weight is 276 g/mol. The van der Waals surface area contributed by atoms with Crippen molar-refractivity contribution in [2.45, 2.75) is 20.8 Å². The van der Waals surface area contributed by atoms with Gasteiger partial charge >= 0.3 is 0 Å². The zero-order valence-electron chi connectivity index (χ0n) is 11.0. The van der Waals surface area contributed by atoms with Crippen LogP contribution in [0.4, 0.5) is 0 Å². The number of rotatable bonds is 3. The third-order valence-corrected chi connectivity index (χ3v) is 2.99. The number of ether oxygens (including phenoxy) is 1. The molecule has 0 fully saturated rings. The number of aromatic nitrogens is 1. The molecule has 1 aromatic heterocycles. The first-order chi connectivity index (χ1) is 8.99. The number of nitrogens with zero attached hydrogens (tertiary/aromatic N) is 1. The maximum atomic E-state index is 11.5. The number of ketones is 1. The molecule has 98 valence electrons. The lowest BCUT2D eigenvalue weighted by atomic mass is 10.1. The maximum absolute atomic E-state index is 11.5. The Hall–Kier alpha value is -1.87. The minimum absolute atomic E-state index is 0.0765. The summed E-state index contributed by atoms with van der Waals surface area (Å²) in [5.74, 6) is 0.932. The van der Waals surface area contributed by atoms with E-state index in [9.17, 15) is 4.79 Å². The predicted octanol–water partition coefficient (Wildman–Crippen LogP) is 4.35. The molecule has 0 bridgehead atoms. The van der Waals surface area contributed by atoms with Crippen LogP contribution < -0.4 is 4.74 Å². The van der Waals surface area contributed by atoms with Gasteiger partial charge in [-0.15, -0.1) is 0 Å². The summed E-state index contributed by atoms with van der Waals surface area (Å²) in [6.07, 6.45) is 1.60. The van der Waals surface area contributed by atoms with Crippen molar-refractivity contribution in [1.29, 1.82) is 0 Å². The molecule has 2 rings (SSSR count). The number of hydrogen-bond donors (Lipinski definition) is 0. The van der Waals surface area contributed by atoms with E-state index in [0.717, 1.165) is 11.1 Å². The summed E-state index contributed by atoms with van der Waals surface area (Å²) in [6.45, 7) is 5.31. The second kappa shape index (κ2) is 5.41. The van der Waals surface area contributed by atoms with Crippen molar-refractivity contribution in [1.82, 2.24) is 4.98 Å². The Balaban J connectivity index is 2.45. The lowest BCUT2D eigenvalue weighted by Gasteiger charge is -2.13. The summed E-state index contributed by atoms with van der Waals surface area (Å²) >= 11 is 5.98. The van der Waals surface area contributed by atoms with Gasteiger partial charge in [0.05, 0.1) is 5.56 Å². The second-order valence-electron chi connectivity index (χ2n) is 4.38. The molecule has 0 aliphatic heterocycles. The number of benzene rings is 1. The highest BCUT2D eigenvalue weighted by molar-refractivity contribution is 6.30. The number of aryl methyl sites for hydroxylation is 2. The molecule has 19 heavy (non-hydrogen) atoms. The topological polar surface area (TPSA) is 39.2 Å². The summed E-state index contributed by atoms with van der Waals surface area (Å²) in [6, 6.07) is 7.05. The molecule has 1 aromatic carbocycles. The molecular formula is C15H14ClNO2. The van der Waals surface area contributed by atoms with Gasteiger partial charge in [0.2, 0.25) is 5.88 Å². The summed E-state index contributed by atoms with van der Waals surface area (Å²) in [7, 11) is 0. The van der Waals surface area contributed by atoms with Crippen molar-refractivity contribution in [3.05, 3.63) is 52.2 Å². The highest BCUT2D eigenvalue weighted by Gasteiger charge is 2.13. The third-order valence-electron chi connectivity index (χ3n) is 2.77. The van der Waals surface area contributed by atoms with Crippen LogP contribution in [0, 0.1) is 13.8 Å². The fourth-order valence-corrected chi connectivity index (χ4v) is 2.22. The van der Waals surface area contributed by atoms with Crippen LogP contribution in [0.25, 0.3) is 0 Å². The van der Waals surface area contributed by atoms with Crippen molar-refractivity contribution in [3.8, 4) is 11.6 Å². The number of halogens is 1. The van der Waals surface area contributed by atoms with Gasteiger partial charge in [0, 0.05) is 11.2 Å². The highest BCUT2D eigenvalue weighted by Crippen LogP contribution is 2.31. The van der Waals surface area contributed by atoms with Crippen molar-refractivity contribution < 1.29 is 9.53 Å². The first-order valence-electron chi connectivity index (χ1n) is 5.89. The van der Waals surface area contributed by atoms with E-state index in [1.54, 1.807) is 18.3 Å². The van der Waals surface area contributed by atoms with E-state index in [1.807, 2.05) is 26.0 Å². The summed E-state index contributed by atoms with van der Waals surface area (Å²) < 4.78 is 5.80. The molecule has 1 heterocycles. The van der Waals surface area contributed by atoms with Crippen molar-refractivity contribution >= 4 is 17.4 Å². The van der Waals surface area contributed by atoms with Gasteiger partial charge < -0.3 is 4.74 Å². The molecule has 2 aromatic rings. The lowest BCUT2D eigenvalue weighted by molar-refractivity contribution is 0.101. The summed E-state index contributed by atoms with van der Waals surface area (Å²) in [5, 5.41) is 0.662. The smallest absolute Gasteiger partial charge is 0.230 e. The van der Waals surface area contributed by atoms with E-state index in [0.29, 0.717) is 22.2 Å². The lowest BCUT2D eigenvalue weighted by Crippen LogP contribution is -2.00. The molecule has 0 aliphatic rings. The predicted molar refractivity (Wildman–Crippen MR) is 75.2 cm³/mol. The van der Waals surface area contributed by atoms with E-state index in [2.05, 4.69) is 4.98 Å². The number of carbonyl (C=O) groups excluding carboxylic acids is 1. The maximum Gasteiger partial charge on any atom is 0.230 e. The van der Waals surface area contributed by atoms with Gasteiger partial charge in [-0.2, -0.15) is 0 Å². The SMILES string of the molecule is CC(=O)c1cccnc1Oc1c(C)cc(Cl)cc1C. The van der Waals surface area contributed by atoms with E-state index in [4.69, 9.17) is 16.3 Å². The first kappa shape index (κ1) is 13.6. The standard InChI is InChI=1S/C15H14ClNO2/c1-9-7-12(16)8-10(2)14(9)19-15-13(11(3)18)5-4-6-17-15/h4-8H,1-3H3. The van der Waals surface area contributed by atoms with Crippen LogP contribution in [0.15, 0.2) is 30.5 Å². The Morgan fingerprint density at radius 2 is 1.89 bits per heavy atom. The van der Waals surface area contributed by atoms with Gasteiger partial charge in [-0.25, -0.2) is 4.98 Å². The van der Waals surface area contributed by atoms with Gasteiger partial charge in [-0.1, -0.05) is 11.6 Å². The average Bonchev–Trinajstić information content (AvgIpc) is 2.34. The quantitative estimate of drug-likeness (QED) is 0.782. The normalized spacial score (nSPS) is 10.3. The van der Waals surface area contributed by atoms with Crippen LogP contribution >= 0.6 is 11.6 Å². The third kappa shape index (κ3) is 2.93. The molecule has 0 amide bonds. The minimum Gasteiger partial charge on any atom is -0.438 e. The van der Waals surface area contributed by atoms with Crippen molar-refractivity contribution in [2.75, 3.05) is 0 Å². The molecule has 0 unspecified atom stereocenters. The number of pyridine rings is 1. The molecule has 3 nitrogen and oxygen atoms in total. The summed E-state index contributed by atoms with van der Waals surface area (Å²) in [4.78, 5) is 15.7. The largest absolute Gasteiger partial charge is 0.438 e. The van der Waals surface area contributed by atoms with Gasteiger partial charge in [0.25, 0.3) is 0 Å². The molecule has 0 saturated heterocycles. The second-order valence-corrected chi connectivity index (χ2v) is 4.82. The summed E-state index contributed by atoms with van der Waals surface area (Å²) in [5.41, 5.74) is 2.28. The van der Waals surface area contributed by atoms with Crippen LogP contribution in [0.1, 0.15) is 28.4 Å². The van der Waals surface area contributed by atoms with Gasteiger partial charge in [-0.05, 0) is 56.2 Å². The number of hydrogen-bond acceptors (Lipinski definition) is 3. The molecule has 0 aliphatic carbocycles. The van der Waals surface area contributed by atoms with Crippen molar-refractivity contribution in [2.24, 2.45) is 0 Å². The number of carbonyl (C=O) groups is 1. The molecule has 0 N–H and O–H groups in total. The van der Waals surface area contributed by atoms with Crippen LogP contribution in [-0.4, -0.2) is 10.8 Å². The molecule has 0 saturated carbocycles. The number of Topliss-reactive ketones (excluding diaryl/α,β-unsaturated/α-hetero) is 1. The Morgan fingerprint density at radius 1 is 1.26 bits per heavy atom. The van der Waals surface area contributed by atoms with Crippen molar-refractivity contribution in [3.63, 3.8) is 0 Å². The molecule has 0 atom stereocenters.